The molecule has 0 saturated heterocycles. The Labute approximate surface area is 108 Å². The molecular formula is C15H18N2O. The van der Waals surface area contributed by atoms with E-state index < -0.39 is 0 Å². The van der Waals surface area contributed by atoms with Gasteiger partial charge in [-0.2, -0.15) is 0 Å². The fraction of sp³-hybridized carbons (Fsp3) is 0.267. The lowest BCUT2D eigenvalue weighted by atomic mass is 9.98. The number of anilines is 1. The minimum absolute atomic E-state index is 0.552. The third-order valence-corrected chi connectivity index (χ3v) is 3.02. The Bertz CT molecular complexity index is 564. The number of nitrogen functional groups attached to an aromatic ring is 1. The van der Waals surface area contributed by atoms with Gasteiger partial charge in [0.05, 0.1) is 7.11 Å². The van der Waals surface area contributed by atoms with Gasteiger partial charge in [-0.15, -0.1) is 0 Å². The van der Waals surface area contributed by atoms with Crippen molar-refractivity contribution in [3.8, 4) is 5.75 Å². The van der Waals surface area contributed by atoms with Crippen LogP contribution in [0, 0.1) is 13.8 Å². The SMILES string of the molecule is COc1cc(C)cc(C)c1Cc1ccnc(N)c1. The fourth-order valence-electron chi connectivity index (χ4n) is 2.18. The number of aryl methyl sites for hydroxylation is 2. The number of ether oxygens (including phenoxy) is 1. The van der Waals surface area contributed by atoms with Crippen LogP contribution in [0.2, 0.25) is 0 Å². The van der Waals surface area contributed by atoms with Crippen LogP contribution in [0.5, 0.6) is 5.75 Å². The van der Waals surface area contributed by atoms with Gasteiger partial charge in [-0.1, -0.05) is 6.07 Å². The van der Waals surface area contributed by atoms with Gasteiger partial charge in [-0.05, 0) is 48.7 Å². The van der Waals surface area contributed by atoms with Crippen LogP contribution in [0.1, 0.15) is 22.3 Å². The molecule has 3 nitrogen and oxygen atoms in total. The van der Waals surface area contributed by atoms with Crippen molar-refractivity contribution in [2.75, 3.05) is 12.8 Å². The van der Waals surface area contributed by atoms with Gasteiger partial charge in [0, 0.05) is 18.2 Å². The van der Waals surface area contributed by atoms with Crippen molar-refractivity contribution in [1.29, 1.82) is 0 Å². The second-order valence-corrected chi connectivity index (χ2v) is 4.53. The lowest BCUT2D eigenvalue weighted by Crippen LogP contribution is -1.99. The number of pyridine rings is 1. The molecule has 0 aliphatic carbocycles. The van der Waals surface area contributed by atoms with E-state index in [0.29, 0.717) is 5.82 Å². The highest BCUT2D eigenvalue weighted by atomic mass is 16.5. The molecular weight excluding hydrogens is 224 g/mol. The summed E-state index contributed by atoms with van der Waals surface area (Å²) in [5, 5.41) is 0. The quantitative estimate of drug-likeness (QED) is 0.900. The minimum Gasteiger partial charge on any atom is -0.496 e. The summed E-state index contributed by atoms with van der Waals surface area (Å²) in [7, 11) is 1.71. The van der Waals surface area contributed by atoms with Gasteiger partial charge >= 0.3 is 0 Å². The molecule has 1 aromatic heterocycles. The predicted molar refractivity (Wildman–Crippen MR) is 73.9 cm³/mol. The number of nitrogens with zero attached hydrogens (tertiary/aromatic N) is 1. The van der Waals surface area contributed by atoms with Gasteiger partial charge in [0.25, 0.3) is 0 Å². The number of rotatable bonds is 3. The van der Waals surface area contributed by atoms with Gasteiger partial charge in [0.1, 0.15) is 11.6 Å². The molecule has 3 heteroatoms. The Hall–Kier alpha value is -2.03. The van der Waals surface area contributed by atoms with Gasteiger partial charge in [-0.25, -0.2) is 4.98 Å². The lowest BCUT2D eigenvalue weighted by Gasteiger charge is -2.13. The molecule has 2 aromatic rings. The zero-order valence-corrected chi connectivity index (χ0v) is 11.0. The molecule has 94 valence electrons. The summed E-state index contributed by atoms with van der Waals surface area (Å²) in [4.78, 5) is 4.01. The molecule has 0 unspecified atom stereocenters. The summed E-state index contributed by atoms with van der Waals surface area (Å²) in [6.45, 7) is 4.18. The number of aromatic nitrogens is 1. The van der Waals surface area contributed by atoms with Gasteiger partial charge < -0.3 is 10.5 Å². The molecule has 1 aromatic carbocycles. The van der Waals surface area contributed by atoms with Gasteiger partial charge in [-0.3, -0.25) is 0 Å². The van der Waals surface area contributed by atoms with E-state index in [9.17, 15) is 0 Å². The second-order valence-electron chi connectivity index (χ2n) is 4.53. The van der Waals surface area contributed by atoms with Crippen molar-refractivity contribution in [2.24, 2.45) is 0 Å². The van der Waals surface area contributed by atoms with E-state index in [1.165, 1.54) is 16.7 Å². The average Bonchev–Trinajstić information content (AvgIpc) is 2.32. The van der Waals surface area contributed by atoms with Crippen LogP contribution in [0.15, 0.2) is 30.5 Å². The third kappa shape index (κ3) is 2.62. The van der Waals surface area contributed by atoms with Crippen LogP contribution in [0.25, 0.3) is 0 Å². The first kappa shape index (κ1) is 12.4. The summed E-state index contributed by atoms with van der Waals surface area (Å²) < 4.78 is 5.46. The Morgan fingerprint density at radius 1 is 1.22 bits per heavy atom. The maximum atomic E-state index is 5.70. The molecule has 0 aliphatic rings. The summed E-state index contributed by atoms with van der Waals surface area (Å²) in [5.74, 6) is 1.49. The van der Waals surface area contributed by atoms with Gasteiger partial charge in [0.15, 0.2) is 0 Å². The number of benzene rings is 1. The Kier molecular flexibility index (Phi) is 3.51. The van der Waals surface area contributed by atoms with Crippen molar-refractivity contribution in [3.63, 3.8) is 0 Å². The fourth-order valence-corrected chi connectivity index (χ4v) is 2.18. The van der Waals surface area contributed by atoms with Crippen LogP contribution in [-0.4, -0.2) is 12.1 Å². The summed E-state index contributed by atoms with van der Waals surface area (Å²) in [6, 6.07) is 8.11. The van der Waals surface area contributed by atoms with Crippen LogP contribution in [-0.2, 0) is 6.42 Å². The standard InChI is InChI=1S/C15H18N2O/c1-10-6-11(2)13(14(7-10)18-3)8-12-4-5-17-15(16)9-12/h4-7,9H,8H2,1-3H3,(H2,16,17). The maximum Gasteiger partial charge on any atom is 0.123 e. The molecule has 0 atom stereocenters. The zero-order valence-electron chi connectivity index (χ0n) is 11.0. The highest BCUT2D eigenvalue weighted by molar-refractivity contribution is 5.46. The normalized spacial score (nSPS) is 10.4. The van der Waals surface area contributed by atoms with Crippen molar-refractivity contribution < 1.29 is 4.74 Å². The molecule has 2 N–H and O–H groups in total. The van der Waals surface area contributed by atoms with Crippen LogP contribution in [0.3, 0.4) is 0 Å². The Balaban J connectivity index is 2.39. The highest BCUT2D eigenvalue weighted by Crippen LogP contribution is 2.26. The number of nitrogens with two attached hydrogens (primary N) is 1. The summed E-state index contributed by atoms with van der Waals surface area (Å²) in [5.41, 5.74) is 10.5. The molecule has 0 spiro atoms. The van der Waals surface area contributed by atoms with Crippen molar-refractivity contribution >= 4 is 5.82 Å². The molecule has 0 radical (unpaired) electrons. The van der Waals surface area contributed by atoms with E-state index in [4.69, 9.17) is 10.5 Å². The summed E-state index contributed by atoms with van der Waals surface area (Å²) in [6.07, 6.45) is 2.54. The smallest absolute Gasteiger partial charge is 0.123 e. The molecule has 0 amide bonds. The number of hydrogen-bond donors (Lipinski definition) is 1. The molecule has 0 saturated carbocycles. The van der Waals surface area contributed by atoms with E-state index >= 15 is 0 Å². The first-order valence-electron chi connectivity index (χ1n) is 5.94. The minimum atomic E-state index is 0.552. The first-order chi connectivity index (χ1) is 8.60. The highest BCUT2D eigenvalue weighted by Gasteiger charge is 2.08. The van der Waals surface area contributed by atoms with Crippen molar-refractivity contribution in [3.05, 3.63) is 52.7 Å². The molecule has 2 rings (SSSR count). The molecule has 18 heavy (non-hydrogen) atoms. The van der Waals surface area contributed by atoms with Crippen LogP contribution in [0.4, 0.5) is 5.82 Å². The Morgan fingerprint density at radius 3 is 2.67 bits per heavy atom. The van der Waals surface area contributed by atoms with Crippen LogP contribution >= 0.6 is 0 Å². The van der Waals surface area contributed by atoms with E-state index in [1.807, 2.05) is 12.1 Å². The largest absolute Gasteiger partial charge is 0.496 e. The van der Waals surface area contributed by atoms with Gasteiger partial charge in [0.2, 0.25) is 0 Å². The average molecular weight is 242 g/mol. The zero-order chi connectivity index (χ0) is 13.1. The molecule has 0 aliphatic heterocycles. The predicted octanol–water partition coefficient (Wildman–Crippen LogP) is 2.88. The van der Waals surface area contributed by atoms with Crippen LogP contribution < -0.4 is 10.5 Å². The molecule has 1 heterocycles. The molecule has 0 fully saturated rings. The Morgan fingerprint density at radius 2 is 2.00 bits per heavy atom. The monoisotopic (exact) mass is 242 g/mol. The first-order valence-corrected chi connectivity index (χ1v) is 5.94. The lowest BCUT2D eigenvalue weighted by molar-refractivity contribution is 0.410. The molecule has 0 bridgehead atoms. The topological polar surface area (TPSA) is 48.1 Å². The van der Waals surface area contributed by atoms with E-state index in [-0.39, 0.29) is 0 Å². The van der Waals surface area contributed by atoms with E-state index in [1.54, 1.807) is 13.3 Å². The third-order valence-electron chi connectivity index (χ3n) is 3.02. The van der Waals surface area contributed by atoms with Crippen molar-refractivity contribution in [1.82, 2.24) is 4.98 Å². The maximum absolute atomic E-state index is 5.70. The second kappa shape index (κ2) is 5.08. The van der Waals surface area contributed by atoms with E-state index in [2.05, 4.69) is 31.0 Å². The summed E-state index contributed by atoms with van der Waals surface area (Å²) >= 11 is 0. The van der Waals surface area contributed by atoms with Crippen molar-refractivity contribution in [2.45, 2.75) is 20.3 Å². The number of hydrogen-bond acceptors (Lipinski definition) is 3. The van der Waals surface area contributed by atoms with E-state index in [0.717, 1.165) is 17.7 Å². The number of methoxy groups -OCH3 is 1.